The molecule has 0 aromatic heterocycles. The number of primary amides is 1. The molecule has 9 N–H and O–H groups in total. The van der Waals surface area contributed by atoms with E-state index in [-0.39, 0.29) is 18.4 Å². The third-order valence-electron chi connectivity index (χ3n) is 6.82. The molecule has 1 atom stereocenters. The van der Waals surface area contributed by atoms with Crippen LogP contribution in [0.25, 0.3) is 0 Å². The lowest BCUT2D eigenvalue weighted by molar-refractivity contribution is -0.192. The van der Waals surface area contributed by atoms with Crippen LogP contribution >= 0.6 is 0 Å². The minimum atomic E-state index is -5.08. The predicted octanol–water partition coefficient (Wildman–Crippen LogP) is 4.80. The summed E-state index contributed by atoms with van der Waals surface area (Å²) in [4.78, 5) is 48.3. The number of nitrogens with two attached hydrogens (primary N) is 3. The molecule has 0 fully saturated rings. The average Bonchev–Trinajstić information content (AvgIpc) is 2.94. The normalized spacial score (nSPS) is 11.5. The van der Waals surface area contributed by atoms with Crippen molar-refractivity contribution in [2.45, 2.75) is 148 Å². The van der Waals surface area contributed by atoms with Crippen LogP contribution in [0.1, 0.15) is 135 Å². The number of halogens is 3. The van der Waals surface area contributed by atoms with Crippen molar-refractivity contribution in [3.8, 4) is 0 Å². The molecule has 0 spiro atoms. The van der Waals surface area contributed by atoms with Crippen molar-refractivity contribution in [3.05, 3.63) is 0 Å². The summed E-state index contributed by atoms with van der Waals surface area (Å²) in [5.74, 6) is -4.01. The van der Waals surface area contributed by atoms with Gasteiger partial charge in [-0.25, -0.2) is 4.79 Å². The molecule has 0 aromatic rings. The van der Waals surface area contributed by atoms with Gasteiger partial charge in [0.1, 0.15) is 6.04 Å². The number of hydrogen-bond donors (Lipinski definition) is 6. The highest BCUT2D eigenvalue weighted by Gasteiger charge is 2.38. The van der Waals surface area contributed by atoms with E-state index in [2.05, 4.69) is 22.5 Å². The molecule has 0 heterocycles. The number of unbranched alkanes of at least 4 members (excludes halogenated alkanes) is 16. The van der Waals surface area contributed by atoms with Gasteiger partial charge in [0, 0.05) is 13.0 Å². The number of carboxylic acid groups (broad SMARTS) is 1. The fraction of sp³-hybridized carbons (Fsp3) is 0.833. The Morgan fingerprint density at radius 2 is 1.11 bits per heavy atom. The number of hydrogen-bond acceptors (Lipinski definition) is 5. The monoisotopic (exact) mass is 638 g/mol. The molecular formula is C30H57F3N6O5. The molecule has 0 radical (unpaired) electrons. The molecule has 11 nitrogen and oxygen atoms in total. The number of carbonyl (C=O) groups excluding carboxylic acids is 3. The van der Waals surface area contributed by atoms with Gasteiger partial charge in [-0.15, -0.1) is 0 Å². The summed E-state index contributed by atoms with van der Waals surface area (Å²) in [6, 6.07) is -0.816. The molecule has 0 saturated heterocycles. The highest BCUT2D eigenvalue weighted by molar-refractivity contribution is 5.89. The number of amides is 3. The Morgan fingerprint density at radius 1 is 0.705 bits per heavy atom. The van der Waals surface area contributed by atoms with E-state index in [9.17, 15) is 27.6 Å². The summed E-state index contributed by atoms with van der Waals surface area (Å²) in [6.07, 6.45) is 18.2. The number of aliphatic imine (C=N–C) groups is 1. The van der Waals surface area contributed by atoms with Crippen LogP contribution in [-0.4, -0.2) is 60.1 Å². The Labute approximate surface area is 260 Å². The Morgan fingerprint density at radius 3 is 1.48 bits per heavy atom. The number of rotatable bonds is 26. The summed E-state index contributed by atoms with van der Waals surface area (Å²) in [5, 5.41) is 12.3. The number of nitrogens with one attached hydrogen (secondary N) is 2. The molecule has 0 saturated carbocycles. The van der Waals surface area contributed by atoms with Crippen LogP contribution in [0.2, 0.25) is 0 Å². The molecule has 0 bridgehead atoms. The molecule has 0 aliphatic rings. The van der Waals surface area contributed by atoms with Gasteiger partial charge in [-0.2, -0.15) is 13.2 Å². The first-order chi connectivity index (χ1) is 20.8. The summed E-state index contributed by atoms with van der Waals surface area (Å²) >= 11 is 0. The Kier molecular flexibility index (Phi) is 28.1. The van der Waals surface area contributed by atoms with Gasteiger partial charge in [0.15, 0.2) is 5.96 Å². The Bertz CT molecular complexity index is 809. The summed E-state index contributed by atoms with van der Waals surface area (Å²) in [7, 11) is 0. The standard InChI is InChI=1S/C28H56N6O3.C2HF3O2/c1-2-3-4-5-6-7-8-9-10-11-12-13-14-15-16-17-18-21-25(35)33-23-26(36)34-24(27(29)37)20-19-22-32-28(30)31;3-2(4,5)1(6)7/h24H,2-23H2,1H3,(H2,29,37)(H,33,35)(H,34,36)(H4,30,31,32);(H,6,7)/t24-;/m0./s1. The van der Waals surface area contributed by atoms with Crippen molar-refractivity contribution in [2.24, 2.45) is 22.2 Å². The number of guanidine groups is 1. The summed E-state index contributed by atoms with van der Waals surface area (Å²) < 4.78 is 31.7. The van der Waals surface area contributed by atoms with Crippen LogP contribution in [0.4, 0.5) is 13.2 Å². The van der Waals surface area contributed by atoms with Gasteiger partial charge in [-0.3, -0.25) is 19.4 Å². The Balaban J connectivity index is 0. The van der Waals surface area contributed by atoms with Crippen LogP contribution in [0, 0.1) is 0 Å². The fourth-order valence-corrected chi connectivity index (χ4v) is 4.31. The van der Waals surface area contributed by atoms with Crippen LogP contribution in [0.3, 0.4) is 0 Å². The van der Waals surface area contributed by atoms with Crippen LogP contribution in [0.15, 0.2) is 4.99 Å². The van der Waals surface area contributed by atoms with Gasteiger partial charge in [0.05, 0.1) is 6.54 Å². The highest BCUT2D eigenvalue weighted by Crippen LogP contribution is 2.15. The molecule has 258 valence electrons. The van der Waals surface area contributed by atoms with Crippen molar-refractivity contribution in [1.29, 1.82) is 0 Å². The van der Waals surface area contributed by atoms with Gasteiger partial charge in [0.25, 0.3) is 0 Å². The van der Waals surface area contributed by atoms with E-state index >= 15 is 0 Å². The molecule has 0 unspecified atom stereocenters. The third kappa shape index (κ3) is 31.9. The lowest BCUT2D eigenvalue weighted by atomic mass is 10.0. The second-order valence-corrected chi connectivity index (χ2v) is 11.0. The Hall–Kier alpha value is -3.06. The molecule has 14 heteroatoms. The van der Waals surface area contributed by atoms with E-state index in [0.29, 0.717) is 25.8 Å². The lowest BCUT2D eigenvalue weighted by Crippen LogP contribution is -2.48. The van der Waals surface area contributed by atoms with Gasteiger partial charge in [-0.05, 0) is 19.3 Å². The van der Waals surface area contributed by atoms with Crippen LogP contribution in [-0.2, 0) is 19.2 Å². The van der Waals surface area contributed by atoms with E-state index in [1.54, 1.807) is 0 Å². The maximum atomic E-state index is 12.0. The average molecular weight is 639 g/mol. The van der Waals surface area contributed by atoms with Crippen molar-refractivity contribution in [3.63, 3.8) is 0 Å². The molecule has 3 amide bonds. The zero-order valence-corrected chi connectivity index (χ0v) is 26.5. The molecular weight excluding hydrogens is 581 g/mol. The quantitative estimate of drug-likeness (QED) is 0.0443. The molecule has 0 aliphatic carbocycles. The van der Waals surface area contributed by atoms with Crippen molar-refractivity contribution in [1.82, 2.24) is 10.6 Å². The number of alkyl halides is 3. The topological polar surface area (TPSA) is 203 Å². The maximum Gasteiger partial charge on any atom is 0.490 e. The van der Waals surface area contributed by atoms with E-state index in [1.807, 2.05) is 0 Å². The second-order valence-electron chi connectivity index (χ2n) is 11.0. The van der Waals surface area contributed by atoms with Gasteiger partial charge in [-0.1, -0.05) is 110 Å². The fourth-order valence-electron chi connectivity index (χ4n) is 4.31. The van der Waals surface area contributed by atoms with Gasteiger partial charge < -0.3 is 32.9 Å². The molecule has 0 rings (SSSR count). The lowest BCUT2D eigenvalue weighted by Gasteiger charge is -2.15. The predicted molar refractivity (Wildman–Crippen MR) is 167 cm³/mol. The van der Waals surface area contributed by atoms with Crippen LogP contribution in [0.5, 0.6) is 0 Å². The summed E-state index contributed by atoms with van der Waals surface area (Å²) in [6.45, 7) is 2.44. The van der Waals surface area contributed by atoms with Crippen molar-refractivity contribution in [2.75, 3.05) is 13.1 Å². The van der Waals surface area contributed by atoms with E-state index in [0.717, 1.165) is 19.3 Å². The van der Waals surface area contributed by atoms with Gasteiger partial charge >= 0.3 is 12.1 Å². The SMILES string of the molecule is CCCCCCCCCCCCCCCCCCCC(=O)NCC(=O)N[C@@H](CCCN=C(N)N)C(N)=O.O=C(O)C(F)(F)F. The number of aliphatic carboxylic acids is 1. The molecule has 0 aromatic carbocycles. The first kappa shape index (κ1) is 43.1. The second kappa shape index (κ2) is 28.7. The highest BCUT2D eigenvalue weighted by atomic mass is 19.4. The number of carbonyl (C=O) groups is 4. The van der Waals surface area contributed by atoms with E-state index in [4.69, 9.17) is 27.1 Å². The minimum Gasteiger partial charge on any atom is -0.475 e. The van der Waals surface area contributed by atoms with Crippen molar-refractivity contribution < 1.29 is 37.5 Å². The third-order valence-corrected chi connectivity index (χ3v) is 6.82. The van der Waals surface area contributed by atoms with E-state index < -0.39 is 30.0 Å². The minimum absolute atomic E-state index is 0.0260. The van der Waals surface area contributed by atoms with Crippen molar-refractivity contribution >= 4 is 29.7 Å². The van der Waals surface area contributed by atoms with Crippen LogP contribution < -0.4 is 27.8 Å². The zero-order valence-electron chi connectivity index (χ0n) is 26.5. The van der Waals surface area contributed by atoms with E-state index in [1.165, 1.54) is 89.9 Å². The summed E-state index contributed by atoms with van der Waals surface area (Å²) in [5.41, 5.74) is 15.8. The number of nitrogens with zero attached hydrogens (tertiary/aromatic N) is 1. The molecule has 0 aliphatic heterocycles. The first-order valence-electron chi connectivity index (χ1n) is 16.0. The van der Waals surface area contributed by atoms with Gasteiger partial charge in [0.2, 0.25) is 17.7 Å². The molecule has 44 heavy (non-hydrogen) atoms. The smallest absolute Gasteiger partial charge is 0.475 e. The zero-order chi connectivity index (χ0) is 33.6. The maximum absolute atomic E-state index is 12.0. The first-order valence-corrected chi connectivity index (χ1v) is 16.0. The number of carboxylic acids is 1. The largest absolute Gasteiger partial charge is 0.490 e.